The molecule has 0 aromatic carbocycles. The van der Waals surface area contributed by atoms with Crippen LogP contribution in [0.2, 0.25) is 0 Å². The van der Waals surface area contributed by atoms with Crippen molar-refractivity contribution in [2.24, 2.45) is 0 Å². The van der Waals surface area contributed by atoms with Crippen molar-refractivity contribution in [2.75, 3.05) is 0 Å². The Morgan fingerprint density at radius 2 is 2.05 bits per heavy atom. The van der Waals surface area contributed by atoms with Crippen LogP contribution in [0.1, 0.15) is 50.1 Å². The lowest BCUT2D eigenvalue weighted by Gasteiger charge is -2.13. The van der Waals surface area contributed by atoms with Gasteiger partial charge in [0.25, 0.3) is 0 Å². The number of aromatic nitrogens is 3. The van der Waals surface area contributed by atoms with Gasteiger partial charge in [-0.25, -0.2) is 0 Å². The minimum atomic E-state index is -0.543. The van der Waals surface area contributed by atoms with E-state index in [1.54, 1.807) is 12.4 Å². The number of aliphatic hydroxyl groups is 1. The van der Waals surface area contributed by atoms with Gasteiger partial charge in [0.1, 0.15) is 0 Å². The summed E-state index contributed by atoms with van der Waals surface area (Å²) >= 11 is 0. The smallest absolute Gasteiger partial charge is 0.0860 e. The molecule has 0 saturated heterocycles. The summed E-state index contributed by atoms with van der Waals surface area (Å²) < 4.78 is 2.01. The van der Waals surface area contributed by atoms with E-state index >= 15 is 0 Å². The molecule has 1 unspecified atom stereocenters. The second kappa shape index (κ2) is 6.48. The normalized spacial score (nSPS) is 12.8. The van der Waals surface area contributed by atoms with Crippen LogP contribution in [0.5, 0.6) is 0 Å². The first-order valence-corrected chi connectivity index (χ1v) is 6.86. The largest absolute Gasteiger partial charge is 0.388 e. The number of pyridine rings is 1. The third-order valence-corrected chi connectivity index (χ3v) is 3.45. The van der Waals surface area contributed by atoms with Gasteiger partial charge < -0.3 is 5.11 Å². The van der Waals surface area contributed by atoms with Gasteiger partial charge in [0.2, 0.25) is 0 Å². The maximum Gasteiger partial charge on any atom is 0.0860 e. The Labute approximate surface area is 114 Å². The molecule has 1 N–H and O–H groups in total. The summed E-state index contributed by atoms with van der Waals surface area (Å²) in [6, 6.07) is 6.15. The quantitative estimate of drug-likeness (QED) is 0.867. The molecular weight excluding hydrogens is 238 g/mol. The average Bonchev–Trinajstić information content (AvgIpc) is 2.89. The lowest BCUT2D eigenvalue weighted by Crippen LogP contribution is -2.09. The molecule has 4 heteroatoms. The summed E-state index contributed by atoms with van der Waals surface area (Å²) in [5.74, 6) is 0. The van der Waals surface area contributed by atoms with Crippen molar-refractivity contribution in [1.29, 1.82) is 0 Å². The van der Waals surface area contributed by atoms with Gasteiger partial charge in [0.05, 0.1) is 17.8 Å². The van der Waals surface area contributed by atoms with Crippen LogP contribution < -0.4 is 0 Å². The first kappa shape index (κ1) is 13.7. The van der Waals surface area contributed by atoms with Crippen molar-refractivity contribution < 1.29 is 5.11 Å². The van der Waals surface area contributed by atoms with Crippen LogP contribution in [0, 0.1) is 0 Å². The molecule has 102 valence electrons. The highest BCUT2D eigenvalue weighted by Crippen LogP contribution is 2.19. The molecule has 2 aromatic rings. The van der Waals surface area contributed by atoms with Crippen LogP contribution in [0.15, 0.2) is 36.8 Å². The van der Waals surface area contributed by atoms with Crippen molar-refractivity contribution in [1.82, 2.24) is 14.8 Å². The van der Waals surface area contributed by atoms with Crippen LogP contribution in [0.4, 0.5) is 0 Å². The fraction of sp³-hybridized carbons (Fsp3) is 0.467. The lowest BCUT2D eigenvalue weighted by atomic mass is 10.1. The second-order valence-corrected chi connectivity index (χ2v) is 4.76. The fourth-order valence-corrected chi connectivity index (χ4v) is 2.24. The molecular formula is C15H21N3O. The zero-order chi connectivity index (χ0) is 13.7. The van der Waals surface area contributed by atoms with Gasteiger partial charge in [-0.1, -0.05) is 19.9 Å². The van der Waals surface area contributed by atoms with E-state index in [4.69, 9.17) is 0 Å². The first-order chi connectivity index (χ1) is 9.24. The Kier molecular flexibility index (Phi) is 4.68. The summed E-state index contributed by atoms with van der Waals surface area (Å²) in [6.45, 7) is 4.33. The third-order valence-electron chi connectivity index (χ3n) is 3.45. The number of aliphatic hydroxyl groups excluding tert-OH is 1. The zero-order valence-corrected chi connectivity index (χ0v) is 11.5. The van der Waals surface area contributed by atoms with Crippen LogP contribution in [-0.4, -0.2) is 19.9 Å². The van der Waals surface area contributed by atoms with Gasteiger partial charge in [0.15, 0.2) is 0 Å². The SMILES string of the molecule is CCC(CC)n1ccc(CC(O)c2cccnc2)n1. The number of rotatable bonds is 6. The topological polar surface area (TPSA) is 50.9 Å². The van der Waals surface area contributed by atoms with Crippen LogP contribution in [0.25, 0.3) is 0 Å². The molecule has 0 spiro atoms. The maximum atomic E-state index is 10.1. The van der Waals surface area contributed by atoms with E-state index in [0.29, 0.717) is 12.5 Å². The van der Waals surface area contributed by atoms with Gasteiger partial charge in [-0.2, -0.15) is 5.10 Å². The van der Waals surface area contributed by atoms with E-state index in [0.717, 1.165) is 24.1 Å². The molecule has 0 bridgehead atoms. The van der Waals surface area contributed by atoms with Gasteiger partial charge in [-0.05, 0) is 30.5 Å². The van der Waals surface area contributed by atoms with E-state index in [1.165, 1.54) is 0 Å². The predicted octanol–water partition coefficient (Wildman–Crippen LogP) is 2.92. The van der Waals surface area contributed by atoms with Crippen molar-refractivity contribution in [2.45, 2.75) is 45.3 Å². The van der Waals surface area contributed by atoms with Crippen LogP contribution in [-0.2, 0) is 6.42 Å². The van der Waals surface area contributed by atoms with Gasteiger partial charge in [-0.15, -0.1) is 0 Å². The van der Waals surface area contributed by atoms with Crippen molar-refractivity contribution >= 4 is 0 Å². The molecule has 0 fully saturated rings. The molecule has 0 aliphatic rings. The minimum absolute atomic E-state index is 0.448. The Bertz CT molecular complexity index is 491. The molecule has 0 aliphatic heterocycles. The summed E-state index contributed by atoms with van der Waals surface area (Å²) in [6.07, 6.45) is 7.53. The number of hydrogen-bond donors (Lipinski definition) is 1. The van der Waals surface area contributed by atoms with Gasteiger partial charge in [0, 0.05) is 25.0 Å². The van der Waals surface area contributed by atoms with E-state index in [-0.39, 0.29) is 0 Å². The molecule has 1 atom stereocenters. The van der Waals surface area contributed by atoms with E-state index in [2.05, 4.69) is 23.9 Å². The summed E-state index contributed by atoms with van der Waals surface area (Å²) in [7, 11) is 0. The van der Waals surface area contributed by atoms with Crippen molar-refractivity contribution in [3.63, 3.8) is 0 Å². The molecule has 2 aromatic heterocycles. The molecule has 0 saturated carbocycles. The summed E-state index contributed by atoms with van der Waals surface area (Å²) in [4.78, 5) is 4.02. The summed E-state index contributed by atoms with van der Waals surface area (Å²) in [5.41, 5.74) is 1.75. The second-order valence-electron chi connectivity index (χ2n) is 4.76. The molecule has 0 radical (unpaired) electrons. The maximum absolute atomic E-state index is 10.1. The molecule has 19 heavy (non-hydrogen) atoms. The Morgan fingerprint density at radius 3 is 2.68 bits per heavy atom. The Morgan fingerprint density at radius 1 is 1.26 bits per heavy atom. The summed E-state index contributed by atoms with van der Waals surface area (Å²) in [5, 5.41) is 14.7. The van der Waals surface area contributed by atoms with Crippen LogP contribution >= 0.6 is 0 Å². The average molecular weight is 259 g/mol. The van der Waals surface area contributed by atoms with E-state index in [1.807, 2.05) is 29.1 Å². The van der Waals surface area contributed by atoms with Gasteiger partial charge >= 0.3 is 0 Å². The van der Waals surface area contributed by atoms with Crippen molar-refractivity contribution in [3.05, 3.63) is 48.0 Å². The standard InChI is InChI=1S/C15H21N3O/c1-3-14(4-2)18-9-7-13(17-18)10-15(19)12-6-5-8-16-11-12/h5-9,11,14-15,19H,3-4,10H2,1-2H3. The van der Waals surface area contributed by atoms with Gasteiger partial charge in [-0.3, -0.25) is 9.67 Å². The van der Waals surface area contributed by atoms with Crippen molar-refractivity contribution in [3.8, 4) is 0 Å². The van der Waals surface area contributed by atoms with E-state index in [9.17, 15) is 5.11 Å². The molecule has 2 heterocycles. The third kappa shape index (κ3) is 3.41. The highest BCUT2D eigenvalue weighted by atomic mass is 16.3. The number of hydrogen-bond acceptors (Lipinski definition) is 3. The molecule has 4 nitrogen and oxygen atoms in total. The number of nitrogens with zero attached hydrogens (tertiary/aromatic N) is 3. The molecule has 2 rings (SSSR count). The Hall–Kier alpha value is -1.68. The molecule has 0 aliphatic carbocycles. The van der Waals surface area contributed by atoms with Crippen LogP contribution in [0.3, 0.4) is 0 Å². The lowest BCUT2D eigenvalue weighted by molar-refractivity contribution is 0.176. The first-order valence-electron chi connectivity index (χ1n) is 6.86. The highest BCUT2D eigenvalue weighted by molar-refractivity contribution is 5.14. The molecule has 0 amide bonds. The van der Waals surface area contributed by atoms with E-state index < -0.39 is 6.10 Å². The Balaban J connectivity index is 2.04. The minimum Gasteiger partial charge on any atom is -0.388 e. The predicted molar refractivity (Wildman–Crippen MR) is 74.7 cm³/mol. The fourth-order valence-electron chi connectivity index (χ4n) is 2.24. The zero-order valence-electron chi connectivity index (χ0n) is 11.5. The monoisotopic (exact) mass is 259 g/mol. The highest BCUT2D eigenvalue weighted by Gasteiger charge is 2.12.